The Balaban J connectivity index is 1.82. The zero-order chi connectivity index (χ0) is 21.1. The molecule has 2 atom stereocenters. The summed E-state index contributed by atoms with van der Waals surface area (Å²) in [5.74, 6) is -0.577. The topological polar surface area (TPSA) is 71.6 Å². The zero-order valence-electron chi connectivity index (χ0n) is 17.3. The molecule has 2 heterocycles. The number of nitrogens with one attached hydrogen (secondary N) is 1. The molecular weight excluding hydrogens is 380 g/mol. The first-order chi connectivity index (χ1) is 14.6. The number of para-hydroxylation sites is 1. The number of benzene rings is 2. The monoisotopic (exact) mass is 406 g/mol. The van der Waals surface area contributed by atoms with E-state index in [2.05, 4.69) is 9.88 Å². The molecule has 6 nitrogen and oxygen atoms in total. The lowest BCUT2D eigenvalue weighted by atomic mass is 9.89. The average molecular weight is 406 g/mol. The lowest BCUT2D eigenvalue weighted by Crippen LogP contribution is -2.48. The number of carbonyl (C=O) groups excluding carboxylic acids is 2. The van der Waals surface area contributed by atoms with Gasteiger partial charge in [0, 0.05) is 29.6 Å². The van der Waals surface area contributed by atoms with E-state index >= 15 is 0 Å². The van der Waals surface area contributed by atoms with Crippen LogP contribution < -0.4 is 0 Å². The molecule has 6 heteroatoms. The lowest BCUT2D eigenvalue weighted by Gasteiger charge is -2.40. The zero-order valence-corrected chi connectivity index (χ0v) is 17.3. The minimum absolute atomic E-state index is 0.161. The number of nitrogens with zero attached hydrogens (tertiary/aromatic N) is 1. The van der Waals surface area contributed by atoms with E-state index in [4.69, 9.17) is 9.47 Å². The lowest BCUT2D eigenvalue weighted by molar-refractivity contribution is -0.152. The number of rotatable bonds is 6. The molecule has 2 aromatic carbocycles. The van der Waals surface area contributed by atoms with E-state index in [1.807, 2.05) is 54.6 Å². The standard InChI is InChI=1S/C24H26N2O4/c1-3-30-22(27)14-20-23-18(17-11-7-8-12-19(17)25-23)13-21(24(28)29-2)26(20)15-16-9-5-4-6-10-16/h4-12,20-21,25H,3,13-15H2,1-2H3/t20-,21-/m0/s1. The van der Waals surface area contributed by atoms with Crippen LogP contribution in [0.4, 0.5) is 0 Å². The molecule has 0 fully saturated rings. The maximum absolute atomic E-state index is 12.8. The van der Waals surface area contributed by atoms with E-state index in [0.717, 1.165) is 27.7 Å². The van der Waals surface area contributed by atoms with E-state index in [-0.39, 0.29) is 24.4 Å². The molecular formula is C24H26N2O4. The van der Waals surface area contributed by atoms with Gasteiger partial charge in [-0.2, -0.15) is 0 Å². The van der Waals surface area contributed by atoms with Crippen LogP contribution in [0.3, 0.4) is 0 Å². The molecule has 1 aromatic heterocycles. The highest BCUT2D eigenvalue weighted by molar-refractivity contribution is 5.87. The second-order valence-electron chi connectivity index (χ2n) is 7.49. The molecule has 4 rings (SSSR count). The van der Waals surface area contributed by atoms with Gasteiger partial charge in [-0.05, 0) is 24.1 Å². The maximum Gasteiger partial charge on any atom is 0.323 e. The fraction of sp³-hybridized carbons (Fsp3) is 0.333. The fourth-order valence-corrected chi connectivity index (χ4v) is 4.39. The molecule has 0 unspecified atom stereocenters. The predicted octanol–water partition coefficient (Wildman–Crippen LogP) is 3.76. The van der Waals surface area contributed by atoms with Gasteiger partial charge in [0.2, 0.25) is 0 Å². The van der Waals surface area contributed by atoms with E-state index in [0.29, 0.717) is 19.6 Å². The number of methoxy groups -OCH3 is 1. The van der Waals surface area contributed by atoms with E-state index in [1.165, 1.54) is 7.11 Å². The third-order valence-electron chi connectivity index (χ3n) is 5.72. The number of esters is 2. The van der Waals surface area contributed by atoms with Crippen LogP contribution in [0.1, 0.15) is 36.2 Å². The van der Waals surface area contributed by atoms with Crippen molar-refractivity contribution >= 4 is 22.8 Å². The summed E-state index contributed by atoms with van der Waals surface area (Å²) in [6.45, 7) is 2.65. The predicted molar refractivity (Wildman–Crippen MR) is 114 cm³/mol. The molecule has 0 aliphatic carbocycles. The van der Waals surface area contributed by atoms with Gasteiger partial charge >= 0.3 is 11.9 Å². The SMILES string of the molecule is CCOC(=O)C[C@H]1c2[nH]c3ccccc3c2C[C@@H](C(=O)OC)N1Cc1ccccc1. The summed E-state index contributed by atoms with van der Waals surface area (Å²) in [7, 11) is 1.41. The van der Waals surface area contributed by atoms with Gasteiger partial charge in [-0.15, -0.1) is 0 Å². The number of hydrogen-bond acceptors (Lipinski definition) is 5. The van der Waals surface area contributed by atoms with E-state index in [1.54, 1.807) is 6.92 Å². The van der Waals surface area contributed by atoms with Crippen LogP contribution >= 0.6 is 0 Å². The van der Waals surface area contributed by atoms with Crippen LogP contribution in [0.2, 0.25) is 0 Å². The second-order valence-corrected chi connectivity index (χ2v) is 7.49. The Morgan fingerprint density at radius 3 is 2.57 bits per heavy atom. The van der Waals surface area contributed by atoms with E-state index in [9.17, 15) is 9.59 Å². The summed E-state index contributed by atoms with van der Waals surface area (Å²) in [6.07, 6.45) is 0.687. The summed E-state index contributed by atoms with van der Waals surface area (Å²) >= 11 is 0. The van der Waals surface area contributed by atoms with Crippen molar-refractivity contribution in [3.63, 3.8) is 0 Å². The minimum Gasteiger partial charge on any atom is -0.468 e. The number of fused-ring (bicyclic) bond motifs is 3. The first kappa shape index (κ1) is 20.2. The van der Waals surface area contributed by atoms with Crippen molar-refractivity contribution in [2.24, 2.45) is 0 Å². The molecule has 156 valence electrons. The largest absolute Gasteiger partial charge is 0.468 e. The smallest absolute Gasteiger partial charge is 0.323 e. The van der Waals surface area contributed by atoms with E-state index < -0.39 is 6.04 Å². The van der Waals surface area contributed by atoms with Crippen molar-refractivity contribution in [3.05, 3.63) is 71.4 Å². The van der Waals surface area contributed by atoms with Crippen LogP contribution in [0.25, 0.3) is 10.9 Å². The maximum atomic E-state index is 12.8. The molecule has 0 saturated carbocycles. The highest BCUT2D eigenvalue weighted by atomic mass is 16.5. The highest BCUT2D eigenvalue weighted by Gasteiger charge is 2.41. The van der Waals surface area contributed by atoms with Gasteiger partial charge in [-0.1, -0.05) is 48.5 Å². The van der Waals surface area contributed by atoms with Crippen LogP contribution in [0.5, 0.6) is 0 Å². The molecule has 0 bridgehead atoms. The Bertz CT molecular complexity index is 1040. The summed E-state index contributed by atoms with van der Waals surface area (Å²) in [4.78, 5) is 30.9. The van der Waals surface area contributed by atoms with Gasteiger partial charge in [0.1, 0.15) is 6.04 Å². The van der Waals surface area contributed by atoms with Gasteiger partial charge in [0.05, 0.1) is 26.2 Å². The van der Waals surface area contributed by atoms with Crippen LogP contribution in [-0.4, -0.2) is 41.6 Å². The van der Waals surface area contributed by atoms with Crippen molar-refractivity contribution in [2.45, 2.75) is 38.4 Å². The third kappa shape index (κ3) is 3.83. The van der Waals surface area contributed by atoms with Gasteiger partial charge in [0.25, 0.3) is 0 Å². The molecule has 0 radical (unpaired) electrons. The summed E-state index contributed by atoms with van der Waals surface area (Å²) in [5, 5.41) is 1.08. The van der Waals surface area contributed by atoms with Crippen LogP contribution in [0, 0.1) is 0 Å². The Kier molecular flexibility index (Phi) is 5.86. The quantitative estimate of drug-likeness (QED) is 0.631. The molecule has 0 spiro atoms. The van der Waals surface area contributed by atoms with Gasteiger partial charge in [-0.25, -0.2) is 0 Å². The summed E-state index contributed by atoms with van der Waals surface area (Å²) in [6, 6.07) is 17.2. The van der Waals surface area contributed by atoms with Crippen molar-refractivity contribution in [1.82, 2.24) is 9.88 Å². The normalized spacial score (nSPS) is 18.7. The van der Waals surface area contributed by atoms with Crippen molar-refractivity contribution in [2.75, 3.05) is 13.7 Å². The highest BCUT2D eigenvalue weighted by Crippen LogP contribution is 2.40. The third-order valence-corrected chi connectivity index (χ3v) is 5.72. The van der Waals surface area contributed by atoms with Crippen LogP contribution in [0.15, 0.2) is 54.6 Å². The fourth-order valence-electron chi connectivity index (χ4n) is 4.39. The minimum atomic E-state index is -0.485. The van der Waals surface area contributed by atoms with Crippen molar-refractivity contribution < 1.29 is 19.1 Å². The number of aromatic nitrogens is 1. The van der Waals surface area contributed by atoms with Gasteiger partial charge < -0.3 is 14.5 Å². The Morgan fingerprint density at radius 2 is 1.83 bits per heavy atom. The van der Waals surface area contributed by atoms with Gasteiger partial charge in [0.15, 0.2) is 0 Å². The number of carbonyl (C=O) groups is 2. The number of hydrogen-bond donors (Lipinski definition) is 1. The molecule has 1 N–H and O–H groups in total. The Hall–Kier alpha value is -3.12. The summed E-state index contributed by atoms with van der Waals surface area (Å²) < 4.78 is 10.4. The summed E-state index contributed by atoms with van der Waals surface area (Å²) in [5.41, 5.74) is 4.11. The molecule has 30 heavy (non-hydrogen) atoms. The average Bonchev–Trinajstić information content (AvgIpc) is 3.14. The van der Waals surface area contributed by atoms with Crippen LogP contribution in [-0.2, 0) is 32.0 Å². The Labute approximate surface area is 175 Å². The number of H-pyrrole nitrogens is 1. The van der Waals surface area contributed by atoms with Crippen molar-refractivity contribution in [3.8, 4) is 0 Å². The first-order valence-corrected chi connectivity index (χ1v) is 10.2. The van der Waals surface area contributed by atoms with Gasteiger partial charge in [-0.3, -0.25) is 14.5 Å². The van der Waals surface area contributed by atoms with Crippen molar-refractivity contribution in [1.29, 1.82) is 0 Å². The second kappa shape index (κ2) is 8.71. The molecule has 1 aliphatic heterocycles. The number of aromatic amines is 1. The first-order valence-electron chi connectivity index (χ1n) is 10.2. The molecule has 3 aromatic rings. The Morgan fingerprint density at radius 1 is 1.10 bits per heavy atom. The molecule has 1 aliphatic rings. The molecule has 0 saturated heterocycles. The number of ether oxygens (including phenoxy) is 2. The molecule has 0 amide bonds.